The van der Waals surface area contributed by atoms with E-state index < -0.39 is 23.3 Å². The molecule has 0 fully saturated rings. The third kappa shape index (κ3) is 4.30. The standard InChI is InChI=1S/C36H14F4N2O4S2/c37-19-3-1-15-7-29(43-25(15)11-19)33-21(39)13-31(47-33)35-41-23-5-17-10-28-24(6-18(17)9-27(23)45-35)42-36(46-28)32-14-22(40)34(48-32)30-8-16-2-4-20(38)12-26(16)44-30/h1-14H. The van der Waals surface area contributed by atoms with Crippen LogP contribution in [0.4, 0.5) is 17.6 Å². The Morgan fingerprint density at radius 1 is 0.438 bits per heavy atom. The molecule has 0 bridgehead atoms. The van der Waals surface area contributed by atoms with Crippen molar-refractivity contribution in [3.63, 3.8) is 0 Å². The van der Waals surface area contributed by atoms with Gasteiger partial charge in [0.05, 0.1) is 9.75 Å². The summed E-state index contributed by atoms with van der Waals surface area (Å²) in [5.74, 6) is -0.832. The molecule has 0 saturated carbocycles. The summed E-state index contributed by atoms with van der Waals surface area (Å²) in [6.07, 6.45) is 0. The first-order valence-corrected chi connectivity index (χ1v) is 16.1. The average Bonchev–Trinajstić information content (AvgIpc) is 3.90. The molecule has 0 radical (unpaired) electrons. The molecule has 4 aromatic carbocycles. The zero-order valence-corrected chi connectivity index (χ0v) is 25.6. The second-order valence-corrected chi connectivity index (χ2v) is 13.3. The minimum atomic E-state index is -0.505. The van der Waals surface area contributed by atoms with Gasteiger partial charge in [0.15, 0.2) is 11.2 Å². The molecule has 10 rings (SSSR count). The van der Waals surface area contributed by atoms with Gasteiger partial charge >= 0.3 is 0 Å². The first-order valence-electron chi connectivity index (χ1n) is 14.4. The van der Waals surface area contributed by atoms with Gasteiger partial charge in [-0.15, -0.1) is 22.7 Å². The van der Waals surface area contributed by atoms with Gasteiger partial charge in [-0.3, -0.25) is 0 Å². The highest BCUT2D eigenvalue weighted by Gasteiger charge is 2.22. The van der Waals surface area contributed by atoms with E-state index in [-0.39, 0.29) is 33.1 Å². The number of oxazole rings is 2. The quantitative estimate of drug-likeness (QED) is 0.172. The number of aromatic nitrogens is 2. The molecule has 0 aliphatic rings. The van der Waals surface area contributed by atoms with Crippen LogP contribution in [-0.2, 0) is 0 Å². The minimum Gasteiger partial charge on any atom is -0.455 e. The van der Waals surface area contributed by atoms with Crippen molar-refractivity contribution >= 4 is 77.6 Å². The van der Waals surface area contributed by atoms with E-state index in [9.17, 15) is 8.78 Å². The molecular formula is C36H14F4N2O4S2. The fourth-order valence-corrected chi connectivity index (χ4v) is 7.65. The lowest BCUT2D eigenvalue weighted by Gasteiger charge is -1.96. The maximum absolute atomic E-state index is 15.1. The Hall–Kier alpha value is -5.72. The van der Waals surface area contributed by atoms with E-state index in [1.54, 1.807) is 24.3 Å². The van der Waals surface area contributed by atoms with Crippen LogP contribution >= 0.6 is 22.7 Å². The van der Waals surface area contributed by atoms with Gasteiger partial charge in [0.2, 0.25) is 11.8 Å². The van der Waals surface area contributed by atoms with Crippen molar-refractivity contribution < 1.29 is 35.2 Å². The highest BCUT2D eigenvalue weighted by atomic mass is 32.1. The molecule has 10 aromatic rings. The summed E-state index contributed by atoms with van der Waals surface area (Å²) in [7, 11) is 0. The lowest BCUT2D eigenvalue weighted by atomic mass is 10.1. The van der Waals surface area contributed by atoms with Gasteiger partial charge in [0.1, 0.15) is 66.7 Å². The topological polar surface area (TPSA) is 78.3 Å². The summed E-state index contributed by atoms with van der Waals surface area (Å²) in [6, 6.07) is 21.6. The molecule has 0 amide bonds. The average molecular weight is 679 g/mol. The third-order valence-electron chi connectivity index (χ3n) is 8.06. The maximum Gasteiger partial charge on any atom is 0.237 e. The van der Waals surface area contributed by atoms with Gasteiger partial charge in [0, 0.05) is 22.9 Å². The predicted octanol–water partition coefficient (Wildman–Crippen LogP) is 12.0. The van der Waals surface area contributed by atoms with Gasteiger partial charge in [-0.05, 0) is 83.6 Å². The van der Waals surface area contributed by atoms with Crippen LogP contribution in [0.2, 0.25) is 0 Å². The monoisotopic (exact) mass is 678 g/mol. The van der Waals surface area contributed by atoms with Crippen LogP contribution in [0.3, 0.4) is 0 Å². The summed E-state index contributed by atoms with van der Waals surface area (Å²) < 4.78 is 80.9. The van der Waals surface area contributed by atoms with Crippen LogP contribution in [-0.4, -0.2) is 9.97 Å². The fourth-order valence-electron chi connectivity index (χ4n) is 5.82. The van der Waals surface area contributed by atoms with Crippen LogP contribution in [0.5, 0.6) is 0 Å². The SMILES string of the molecule is Fc1ccc2cc(-c3sc(-c4nc5cc6cc7oc(-c8cc(F)c(-c9cc%10ccc(F)cc%10o9)s8)nc7cc6cc5o4)cc3F)oc2c1. The molecular weight excluding hydrogens is 665 g/mol. The number of hydrogen-bond acceptors (Lipinski definition) is 8. The largest absolute Gasteiger partial charge is 0.455 e. The van der Waals surface area contributed by atoms with E-state index in [4.69, 9.17) is 17.7 Å². The zero-order valence-electron chi connectivity index (χ0n) is 23.9. The van der Waals surface area contributed by atoms with E-state index in [1.807, 2.05) is 24.3 Å². The number of rotatable bonds is 4. The normalized spacial score (nSPS) is 12.2. The molecule has 48 heavy (non-hydrogen) atoms. The molecule has 0 N–H and O–H groups in total. The molecule has 6 nitrogen and oxygen atoms in total. The third-order valence-corrected chi connectivity index (χ3v) is 10.3. The summed E-state index contributed by atoms with van der Waals surface area (Å²) >= 11 is 2.24. The molecule has 0 spiro atoms. The summed E-state index contributed by atoms with van der Waals surface area (Å²) in [5, 5.41) is 2.93. The van der Waals surface area contributed by atoms with Crippen LogP contribution in [0.15, 0.2) is 103 Å². The molecule has 0 saturated heterocycles. The number of halogens is 4. The van der Waals surface area contributed by atoms with Crippen molar-refractivity contribution in [2.24, 2.45) is 0 Å². The molecule has 0 unspecified atom stereocenters. The Kier molecular flexibility index (Phi) is 5.65. The Bertz CT molecular complexity index is 2660. The smallest absolute Gasteiger partial charge is 0.237 e. The van der Waals surface area contributed by atoms with Crippen molar-refractivity contribution in [2.45, 2.75) is 0 Å². The number of nitrogens with zero attached hydrogens (tertiary/aromatic N) is 2. The number of furan rings is 2. The van der Waals surface area contributed by atoms with Gasteiger partial charge < -0.3 is 17.7 Å². The fraction of sp³-hybridized carbons (Fsp3) is 0. The van der Waals surface area contributed by atoms with Crippen LogP contribution < -0.4 is 0 Å². The zero-order chi connectivity index (χ0) is 32.3. The van der Waals surface area contributed by atoms with Crippen molar-refractivity contribution in [3.8, 4) is 42.8 Å². The molecule has 232 valence electrons. The highest BCUT2D eigenvalue weighted by Crippen LogP contribution is 2.42. The highest BCUT2D eigenvalue weighted by molar-refractivity contribution is 7.19. The van der Waals surface area contributed by atoms with Crippen molar-refractivity contribution in [1.29, 1.82) is 0 Å². The van der Waals surface area contributed by atoms with Gasteiger partial charge in [-0.2, -0.15) is 0 Å². The number of thiophene rings is 2. The van der Waals surface area contributed by atoms with Crippen molar-refractivity contribution in [3.05, 3.63) is 108 Å². The molecule has 6 heterocycles. The Morgan fingerprint density at radius 3 is 1.35 bits per heavy atom. The molecule has 0 atom stereocenters. The Balaban J connectivity index is 0.988. The summed E-state index contributed by atoms with van der Waals surface area (Å²) in [4.78, 5) is 10.7. The van der Waals surface area contributed by atoms with E-state index in [0.717, 1.165) is 33.4 Å². The molecule has 0 aliphatic carbocycles. The summed E-state index contributed by atoms with van der Waals surface area (Å²) in [6.45, 7) is 0. The second kappa shape index (κ2) is 9.89. The van der Waals surface area contributed by atoms with Crippen molar-refractivity contribution in [1.82, 2.24) is 9.97 Å². The number of benzene rings is 4. The lowest BCUT2D eigenvalue weighted by Crippen LogP contribution is -1.76. The van der Waals surface area contributed by atoms with Crippen molar-refractivity contribution in [2.75, 3.05) is 0 Å². The maximum atomic E-state index is 15.1. The van der Waals surface area contributed by atoms with E-state index in [1.165, 1.54) is 36.4 Å². The van der Waals surface area contributed by atoms with Gasteiger partial charge in [-0.1, -0.05) is 0 Å². The van der Waals surface area contributed by atoms with Crippen LogP contribution in [0.25, 0.3) is 97.7 Å². The lowest BCUT2D eigenvalue weighted by molar-refractivity contribution is 0.596. The number of hydrogen-bond donors (Lipinski definition) is 0. The first kappa shape index (κ1) is 27.4. The Morgan fingerprint density at radius 2 is 0.896 bits per heavy atom. The molecule has 0 aliphatic heterocycles. The second-order valence-electron chi connectivity index (χ2n) is 11.2. The van der Waals surface area contributed by atoms with E-state index in [2.05, 4.69) is 9.97 Å². The van der Waals surface area contributed by atoms with Gasteiger partial charge in [-0.25, -0.2) is 27.5 Å². The number of fused-ring (bicyclic) bond motifs is 5. The van der Waals surface area contributed by atoms with Crippen LogP contribution in [0.1, 0.15) is 0 Å². The predicted molar refractivity (Wildman–Crippen MR) is 176 cm³/mol. The van der Waals surface area contributed by atoms with Crippen LogP contribution in [0, 0.1) is 23.3 Å². The first-order chi connectivity index (χ1) is 23.3. The minimum absolute atomic E-state index is 0.242. The molecule has 6 aromatic heterocycles. The van der Waals surface area contributed by atoms with E-state index >= 15 is 8.78 Å². The van der Waals surface area contributed by atoms with Gasteiger partial charge in [0.25, 0.3) is 0 Å². The Labute approximate surface area is 273 Å². The summed E-state index contributed by atoms with van der Waals surface area (Å²) in [5.41, 5.74) is 2.75. The molecule has 12 heteroatoms. The van der Waals surface area contributed by atoms with E-state index in [0.29, 0.717) is 53.9 Å².